The van der Waals surface area contributed by atoms with Crippen molar-refractivity contribution >= 4 is 0 Å². The van der Waals surface area contributed by atoms with Crippen LogP contribution in [-0.2, 0) is 6.42 Å². The summed E-state index contributed by atoms with van der Waals surface area (Å²) in [6.07, 6.45) is 3.83. The molecule has 0 radical (unpaired) electrons. The van der Waals surface area contributed by atoms with E-state index in [0.29, 0.717) is 6.33 Å². The van der Waals surface area contributed by atoms with Crippen molar-refractivity contribution in [3.05, 3.63) is 48.3 Å². The Morgan fingerprint density at radius 2 is 1.91 bits per heavy atom. The molecule has 0 aromatic heterocycles. The Balaban J connectivity index is 2.39. The van der Waals surface area contributed by atoms with Crippen LogP contribution in [0, 0.1) is 0 Å². The lowest BCUT2D eigenvalue weighted by Gasteiger charge is -1.94. The van der Waals surface area contributed by atoms with E-state index < -0.39 is 0 Å². The lowest BCUT2D eigenvalue weighted by molar-refractivity contribution is 0.713. The van der Waals surface area contributed by atoms with Crippen LogP contribution in [0.3, 0.4) is 0 Å². The maximum absolute atomic E-state index is 11.5. The van der Waals surface area contributed by atoms with Gasteiger partial charge in [0.1, 0.15) is 0 Å². The highest BCUT2D eigenvalue weighted by Gasteiger charge is 1.86. The molecule has 0 saturated carbocycles. The molecule has 0 N–H and O–H groups in total. The summed E-state index contributed by atoms with van der Waals surface area (Å²) in [5.41, 5.74) is 1.26. The maximum Gasteiger partial charge on any atom is 0.0827 e. The van der Waals surface area contributed by atoms with Gasteiger partial charge in [-0.05, 0) is 18.4 Å². The third kappa shape index (κ3) is 2.99. The number of hydrogen-bond donors (Lipinski definition) is 0. The van der Waals surface area contributed by atoms with E-state index in [4.69, 9.17) is 0 Å². The zero-order chi connectivity index (χ0) is 7.94. The topological polar surface area (TPSA) is 0 Å². The number of aryl methyl sites for hydroxylation is 1. The summed E-state index contributed by atoms with van der Waals surface area (Å²) in [6.45, 7) is 0. The SMILES string of the molecule is F/C=C/CCc1ccccc1. The van der Waals surface area contributed by atoms with Gasteiger partial charge in [0.05, 0.1) is 6.33 Å². The van der Waals surface area contributed by atoms with E-state index in [0.717, 1.165) is 12.8 Å². The summed E-state index contributed by atoms with van der Waals surface area (Å²) in [4.78, 5) is 0. The highest BCUT2D eigenvalue weighted by atomic mass is 19.1. The van der Waals surface area contributed by atoms with Gasteiger partial charge in [-0.2, -0.15) is 0 Å². The van der Waals surface area contributed by atoms with Crippen LogP contribution in [0.1, 0.15) is 12.0 Å². The zero-order valence-electron chi connectivity index (χ0n) is 6.33. The average Bonchev–Trinajstić information content (AvgIpc) is 2.07. The Morgan fingerprint density at radius 1 is 1.18 bits per heavy atom. The van der Waals surface area contributed by atoms with Gasteiger partial charge in [0.2, 0.25) is 0 Å². The predicted octanol–water partition coefficient (Wildman–Crippen LogP) is 3.10. The molecule has 0 saturated heterocycles. The molecule has 0 aliphatic heterocycles. The molecule has 0 aliphatic rings. The quantitative estimate of drug-likeness (QED) is 0.621. The van der Waals surface area contributed by atoms with E-state index >= 15 is 0 Å². The van der Waals surface area contributed by atoms with Gasteiger partial charge in [-0.25, -0.2) is 4.39 Å². The van der Waals surface area contributed by atoms with Gasteiger partial charge in [-0.15, -0.1) is 0 Å². The molecule has 0 fully saturated rings. The number of halogens is 1. The third-order valence-electron chi connectivity index (χ3n) is 1.53. The average molecular weight is 150 g/mol. The molecule has 0 atom stereocenters. The van der Waals surface area contributed by atoms with Crippen molar-refractivity contribution < 1.29 is 4.39 Å². The summed E-state index contributed by atoms with van der Waals surface area (Å²) >= 11 is 0. The first-order valence-electron chi connectivity index (χ1n) is 3.72. The van der Waals surface area contributed by atoms with E-state index in [2.05, 4.69) is 0 Å². The molecule has 0 aliphatic carbocycles. The van der Waals surface area contributed by atoms with Crippen molar-refractivity contribution in [2.45, 2.75) is 12.8 Å². The molecule has 58 valence electrons. The van der Waals surface area contributed by atoms with Crippen LogP contribution >= 0.6 is 0 Å². The molecule has 1 aromatic rings. The minimum absolute atomic E-state index is 0.600. The molecule has 0 amide bonds. The van der Waals surface area contributed by atoms with Crippen molar-refractivity contribution in [2.75, 3.05) is 0 Å². The molecule has 0 nitrogen and oxygen atoms in total. The first kappa shape index (κ1) is 7.99. The number of hydrogen-bond acceptors (Lipinski definition) is 0. The van der Waals surface area contributed by atoms with Crippen LogP contribution < -0.4 is 0 Å². The Labute approximate surface area is 66.4 Å². The van der Waals surface area contributed by atoms with Crippen molar-refractivity contribution in [3.8, 4) is 0 Å². The Hall–Kier alpha value is -1.11. The number of benzene rings is 1. The Morgan fingerprint density at radius 3 is 2.55 bits per heavy atom. The van der Waals surface area contributed by atoms with Crippen molar-refractivity contribution in [2.24, 2.45) is 0 Å². The smallest absolute Gasteiger partial charge is 0.0827 e. The summed E-state index contributed by atoms with van der Waals surface area (Å²) in [6, 6.07) is 10.1. The first-order chi connectivity index (χ1) is 5.43. The highest BCUT2D eigenvalue weighted by Crippen LogP contribution is 2.02. The lowest BCUT2D eigenvalue weighted by atomic mass is 10.1. The summed E-state index contributed by atoms with van der Waals surface area (Å²) < 4.78 is 11.5. The molecule has 1 rings (SSSR count). The summed E-state index contributed by atoms with van der Waals surface area (Å²) in [5.74, 6) is 0. The fourth-order valence-corrected chi connectivity index (χ4v) is 0.958. The van der Waals surface area contributed by atoms with Crippen molar-refractivity contribution in [1.29, 1.82) is 0 Å². The van der Waals surface area contributed by atoms with Gasteiger partial charge in [0, 0.05) is 0 Å². The molecule has 1 heteroatoms. The van der Waals surface area contributed by atoms with Crippen LogP contribution in [0.2, 0.25) is 0 Å². The van der Waals surface area contributed by atoms with Gasteiger partial charge < -0.3 is 0 Å². The maximum atomic E-state index is 11.5. The van der Waals surface area contributed by atoms with E-state index in [-0.39, 0.29) is 0 Å². The van der Waals surface area contributed by atoms with Gasteiger partial charge in [-0.1, -0.05) is 36.4 Å². The van der Waals surface area contributed by atoms with Crippen molar-refractivity contribution in [3.63, 3.8) is 0 Å². The second-order valence-electron chi connectivity index (χ2n) is 2.39. The molecular weight excluding hydrogens is 139 g/mol. The fraction of sp³-hybridized carbons (Fsp3) is 0.200. The van der Waals surface area contributed by atoms with Crippen LogP contribution in [-0.4, -0.2) is 0 Å². The molecule has 0 bridgehead atoms. The van der Waals surface area contributed by atoms with Crippen LogP contribution in [0.25, 0.3) is 0 Å². The van der Waals surface area contributed by atoms with Gasteiger partial charge in [0.25, 0.3) is 0 Å². The van der Waals surface area contributed by atoms with Gasteiger partial charge in [-0.3, -0.25) is 0 Å². The zero-order valence-corrected chi connectivity index (χ0v) is 6.33. The third-order valence-corrected chi connectivity index (χ3v) is 1.53. The van der Waals surface area contributed by atoms with Crippen LogP contribution in [0.4, 0.5) is 4.39 Å². The number of allylic oxidation sites excluding steroid dienone is 1. The van der Waals surface area contributed by atoms with Crippen LogP contribution in [0.5, 0.6) is 0 Å². The van der Waals surface area contributed by atoms with Gasteiger partial charge in [0.15, 0.2) is 0 Å². The number of rotatable bonds is 3. The molecule has 0 spiro atoms. The molecule has 11 heavy (non-hydrogen) atoms. The minimum atomic E-state index is 0.600. The molecular formula is C10H11F. The lowest BCUT2D eigenvalue weighted by Crippen LogP contribution is -1.80. The highest BCUT2D eigenvalue weighted by molar-refractivity contribution is 5.15. The van der Waals surface area contributed by atoms with Crippen LogP contribution in [0.15, 0.2) is 42.7 Å². The van der Waals surface area contributed by atoms with E-state index in [1.807, 2.05) is 30.3 Å². The summed E-state index contributed by atoms with van der Waals surface area (Å²) in [7, 11) is 0. The standard InChI is InChI=1S/C10H11F/c11-9-5-4-8-10-6-2-1-3-7-10/h1-3,5-7,9H,4,8H2/b9-5+. The molecule has 0 heterocycles. The molecule has 1 aromatic carbocycles. The van der Waals surface area contributed by atoms with E-state index in [1.165, 1.54) is 11.6 Å². The largest absolute Gasteiger partial charge is 0.216 e. The monoisotopic (exact) mass is 150 g/mol. The van der Waals surface area contributed by atoms with Gasteiger partial charge >= 0.3 is 0 Å². The van der Waals surface area contributed by atoms with Crippen molar-refractivity contribution in [1.82, 2.24) is 0 Å². The normalized spacial score (nSPS) is 10.6. The predicted molar refractivity (Wildman–Crippen MR) is 45.0 cm³/mol. The first-order valence-corrected chi connectivity index (χ1v) is 3.72. The summed E-state index contributed by atoms with van der Waals surface area (Å²) in [5, 5.41) is 0. The second-order valence-corrected chi connectivity index (χ2v) is 2.39. The fourth-order valence-electron chi connectivity index (χ4n) is 0.958. The Bertz CT molecular complexity index is 214. The Kier molecular flexibility index (Phi) is 3.39. The van der Waals surface area contributed by atoms with E-state index in [1.54, 1.807) is 0 Å². The second kappa shape index (κ2) is 4.67. The molecule has 0 unspecified atom stereocenters. The van der Waals surface area contributed by atoms with E-state index in [9.17, 15) is 4.39 Å². The minimum Gasteiger partial charge on any atom is -0.216 e.